The standard InChI is InChI=1S/C8H15NO2/c1-6(2)11-8(10)7-4-3-5-9-7/h6-7,9H,3-5H2,1-2H3/p+1. The third-order valence-corrected chi connectivity index (χ3v) is 1.83. The van der Waals surface area contributed by atoms with Gasteiger partial charge >= 0.3 is 5.97 Å². The molecule has 0 radical (unpaired) electrons. The van der Waals surface area contributed by atoms with Crippen LogP contribution in [0.1, 0.15) is 26.7 Å². The summed E-state index contributed by atoms with van der Waals surface area (Å²) in [4.78, 5) is 11.2. The van der Waals surface area contributed by atoms with Crippen molar-refractivity contribution in [2.45, 2.75) is 38.8 Å². The predicted octanol–water partition coefficient (Wildman–Crippen LogP) is -0.336. The summed E-state index contributed by atoms with van der Waals surface area (Å²) in [5.41, 5.74) is 0. The van der Waals surface area contributed by atoms with Gasteiger partial charge in [-0.3, -0.25) is 0 Å². The first-order valence-corrected chi connectivity index (χ1v) is 4.24. The monoisotopic (exact) mass is 158 g/mol. The van der Waals surface area contributed by atoms with Gasteiger partial charge in [0.05, 0.1) is 12.6 Å². The van der Waals surface area contributed by atoms with E-state index in [0.717, 1.165) is 19.4 Å². The van der Waals surface area contributed by atoms with Crippen LogP contribution in [-0.2, 0) is 9.53 Å². The minimum absolute atomic E-state index is 0.0245. The third-order valence-electron chi connectivity index (χ3n) is 1.83. The van der Waals surface area contributed by atoms with Crippen LogP contribution in [0.15, 0.2) is 0 Å². The second kappa shape index (κ2) is 3.72. The van der Waals surface area contributed by atoms with Gasteiger partial charge in [-0.1, -0.05) is 0 Å². The molecular weight excluding hydrogens is 142 g/mol. The molecule has 1 fully saturated rings. The van der Waals surface area contributed by atoms with Crippen LogP contribution < -0.4 is 5.32 Å². The van der Waals surface area contributed by atoms with E-state index in [1.807, 2.05) is 13.8 Å². The number of esters is 1. The summed E-state index contributed by atoms with van der Waals surface area (Å²) in [7, 11) is 0. The van der Waals surface area contributed by atoms with Gasteiger partial charge in [0.15, 0.2) is 6.04 Å². The lowest BCUT2D eigenvalue weighted by Crippen LogP contribution is -2.88. The first-order chi connectivity index (χ1) is 5.20. The van der Waals surface area contributed by atoms with Gasteiger partial charge in [0.25, 0.3) is 0 Å². The van der Waals surface area contributed by atoms with Crippen molar-refractivity contribution in [2.24, 2.45) is 0 Å². The molecule has 1 atom stereocenters. The highest BCUT2D eigenvalue weighted by molar-refractivity contribution is 5.74. The van der Waals surface area contributed by atoms with Crippen molar-refractivity contribution in [3.8, 4) is 0 Å². The quantitative estimate of drug-likeness (QED) is 0.559. The van der Waals surface area contributed by atoms with Crippen molar-refractivity contribution in [1.29, 1.82) is 0 Å². The summed E-state index contributed by atoms with van der Waals surface area (Å²) >= 11 is 0. The molecule has 1 aliphatic heterocycles. The van der Waals surface area contributed by atoms with Gasteiger partial charge in [-0.2, -0.15) is 0 Å². The van der Waals surface area contributed by atoms with Crippen molar-refractivity contribution in [2.75, 3.05) is 6.54 Å². The average Bonchev–Trinajstić information content (AvgIpc) is 2.35. The van der Waals surface area contributed by atoms with E-state index in [4.69, 9.17) is 4.74 Å². The fourth-order valence-corrected chi connectivity index (χ4v) is 1.31. The lowest BCUT2D eigenvalue weighted by molar-refractivity contribution is -0.659. The first kappa shape index (κ1) is 8.53. The van der Waals surface area contributed by atoms with Gasteiger partial charge in [-0.25, -0.2) is 4.79 Å². The maximum absolute atomic E-state index is 11.2. The second-order valence-corrected chi connectivity index (χ2v) is 3.26. The molecular formula is C8H16NO2+. The lowest BCUT2D eigenvalue weighted by Gasteiger charge is -2.10. The molecule has 0 amide bonds. The molecule has 11 heavy (non-hydrogen) atoms. The van der Waals surface area contributed by atoms with Gasteiger partial charge < -0.3 is 10.1 Å². The lowest BCUT2D eigenvalue weighted by atomic mass is 10.2. The molecule has 3 nitrogen and oxygen atoms in total. The van der Waals surface area contributed by atoms with Crippen LogP contribution in [-0.4, -0.2) is 24.7 Å². The van der Waals surface area contributed by atoms with Crippen LogP contribution in [0.2, 0.25) is 0 Å². The average molecular weight is 158 g/mol. The summed E-state index contributed by atoms with van der Waals surface area (Å²) in [6.45, 7) is 4.83. The molecule has 64 valence electrons. The predicted molar refractivity (Wildman–Crippen MR) is 41.0 cm³/mol. The second-order valence-electron chi connectivity index (χ2n) is 3.26. The fourth-order valence-electron chi connectivity index (χ4n) is 1.31. The van der Waals surface area contributed by atoms with E-state index in [0.29, 0.717) is 0 Å². The van der Waals surface area contributed by atoms with E-state index < -0.39 is 0 Å². The Kier molecular flexibility index (Phi) is 2.88. The van der Waals surface area contributed by atoms with E-state index in [9.17, 15) is 4.79 Å². The maximum atomic E-state index is 11.2. The van der Waals surface area contributed by atoms with E-state index in [2.05, 4.69) is 5.32 Å². The normalized spacial score (nSPS) is 24.1. The number of carbonyl (C=O) groups excluding carboxylic acids is 1. The molecule has 3 heteroatoms. The minimum Gasteiger partial charge on any atom is -0.459 e. The molecule has 1 saturated heterocycles. The third kappa shape index (κ3) is 2.50. The Morgan fingerprint density at radius 3 is 2.82 bits per heavy atom. The van der Waals surface area contributed by atoms with E-state index in [1.54, 1.807) is 0 Å². The van der Waals surface area contributed by atoms with Crippen LogP contribution >= 0.6 is 0 Å². The Hall–Kier alpha value is -0.570. The molecule has 1 aliphatic rings. The molecule has 1 unspecified atom stereocenters. The van der Waals surface area contributed by atoms with Crippen LogP contribution in [0, 0.1) is 0 Å². The van der Waals surface area contributed by atoms with E-state index in [-0.39, 0.29) is 18.1 Å². The molecule has 2 N–H and O–H groups in total. The highest BCUT2D eigenvalue weighted by Crippen LogP contribution is 2.01. The summed E-state index contributed by atoms with van der Waals surface area (Å²) in [5.74, 6) is -0.0440. The Morgan fingerprint density at radius 1 is 1.64 bits per heavy atom. The molecule has 0 aliphatic carbocycles. The SMILES string of the molecule is CC(C)OC(=O)C1CCC[NH2+]1. The molecule has 0 aromatic rings. The molecule has 1 rings (SSSR count). The molecule has 1 heterocycles. The van der Waals surface area contributed by atoms with Crippen molar-refractivity contribution >= 4 is 5.97 Å². The summed E-state index contributed by atoms with van der Waals surface area (Å²) in [6.07, 6.45) is 2.14. The smallest absolute Gasteiger partial charge is 0.365 e. The van der Waals surface area contributed by atoms with Gasteiger partial charge in [0.2, 0.25) is 0 Å². The number of carbonyl (C=O) groups is 1. The van der Waals surface area contributed by atoms with Crippen molar-refractivity contribution in [3.05, 3.63) is 0 Å². The Labute approximate surface area is 67.1 Å². The van der Waals surface area contributed by atoms with E-state index in [1.165, 1.54) is 0 Å². The number of nitrogens with two attached hydrogens (primary N) is 1. The molecule has 0 spiro atoms. The fraction of sp³-hybridized carbons (Fsp3) is 0.875. The number of quaternary nitrogens is 1. The number of rotatable bonds is 2. The van der Waals surface area contributed by atoms with Gasteiger partial charge in [0.1, 0.15) is 0 Å². The topological polar surface area (TPSA) is 42.9 Å². The summed E-state index contributed by atoms with van der Waals surface area (Å²) in [6, 6.07) is 0.0809. The Balaban J connectivity index is 2.28. The molecule has 0 aromatic carbocycles. The van der Waals surface area contributed by atoms with Crippen LogP contribution in [0.4, 0.5) is 0 Å². The van der Waals surface area contributed by atoms with Gasteiger partial charge in [-0.15, -0.1) is 0 Å². The van der Waals surface area contributed by atoms with Crippen LogP contribution in [0.3, 0.4) is 0 Å². The zero-order valence-electron chi connectivity index (χ0n) is 7.17. The Bertz CT molecular complexity index is 139. The Morgan fingerprint density at radius 2 is 2.36 bits per heavy atom. The highest BCUT2D eigenvalue weighted by Gasteiger charge is 2.27. The number of ether oxygens (including phenoxy) is 1. The summed E-state index contributed by atoms with van der Waals surface area (Å²) < 4.78 is 5.06. The largest absolute Gasteiger partial charge is 0.459 e. The zero-order valence-corrected chi connectivity index (χ0v) is 7.17. The van der Waals surface area contributed by atoms with Crippen LogP contribution in [0.25, 0.3) is 0 Å². The number of hydrogen-bond donors (Lipinski definition) is 1. The van der Waals surface area contributed by atoms with Gasteiger partial charge in [0, 0.05) is 12.8 Å². The zero-order chi connectivity index (χ0) is 8.27. The van der Waals surface area contributed by atoms with Crippen LogP contribution in [0.5, 0.6) is 0 Å². The first-order valence-electron chi connectivity index (χ1n) is 4.24. The minimum atomic E-state index is -0.0440. The molecule has 0 saturated carbocycles. The van der Waals surface area contributed by atoms with Crippen molar-refractivity contribution in [3.63, 3.8) is 0 Å². The highest BCUT2D eigenvalue weighted by atomic mass is 16.5. The van der Waals surface area contributed by atoms with Crippen molar-refractivity contribution in [1.82, 2.24) is 0 Å². The maximum Gasteiger partial charge on any atom is 0.365 e. The molecule has 0 bridgehead atoms. The summed E-state index contributed by atoms with van der Waals surface area (Å²) in [5, 5.41) is 2.06. The van der Waals surface area contributed by atoms with Crippen molar-refractivity contribution < 1.29 is 14.8 Å². The van der Waals surface area contributed by atoms with E-state index >= 15 is 0 Å². The van der Waals surface area contributed by atoms with Gasteiger partial charge in [-0.05, 0) is 13.8 Å². The number of hydrogen-bond acceptors (Lipinski definition) is 2. The molecule has 0 aromatic heterocycles.